The topological polar surface area (TPSA) is 41.1 Å². The molecule has 19 heavy (non-hydrogen) atoms. The Kier molecular flexibility index (Phi) is 6.31. The normalized spacial score (nSPS) is 24.5. The van der Waals surface area contributed by atoms with Crippen LogP contribution in [0.3, 0.4) is 0 Å². The van der Waals surface area contributed by atoms with E-state index in [-0.39, 0.29) is 11.8 Å². The van der Waals surface area contributed by atoms with Crippen molar-refractivity contribution in [2.24, 2.45) is 17.3 Å². The van der Waals surface area contributed by atoms with E-state index >= 15 is 0 Å². The average molecular weight is 268 g/mol. The van der Waals surface area contributed by atoms with Gasteiger partial charge in [-0.25, -0.2) is 0 Å². The Hall–Kier alpha value is -0.570. The summed E-state index contributed by atoms with van der Waals surface area (Å²) in [6, 6.07) is 0.485. The molecule has 0 unspecified atom stereocenters. The van der Waals surface area contributed by atoms with E-state index in [4.69, 9.17) is 0 Å². The minimum absolute atomic E-state index is 0.248. The SMILES string of the molecule is CC(C)NCCNC(=O)C1CCC(C(C)(C)C)CC1. The summed E-state index contributed by atoms with van der Waals surface area (Å²) in [7, 11) is 0. The molecule has 2 N–H and O–H groups in total. The molecule has 0 bridgehead atoms. The fourth-order valence-corrected chi connectivity index (χ4v) is 2.91. The van der Waals surface area contributed by atoms with Crippen molar-refractivity contribution < 1.29 is 4.79 Å². The number of nitrogens with one attached hydrogen (secondary N) is 2. The molecule has 0 heterocycles. The minimum Gasteiger partial charge on any atom is -0.355 e. The van der Waals surface area contributed by atoms with Gasteiger partial charge >= 0.3 is 0 Å². The zero-order chi connectivity index (χ0) is 14.5. The minimum atomic E-state index is 0.248. The predicted octanol–water partition coefficient (Wildman–Crippen LogP) is 2.95. The molecule has 0 aliphatic heterocycles. The van der Waals surface area contributed by atoms with E-state index in [1.54, 1.807) is 0 Å². The van der Waals surface area contributed by atoms with Crippen molar-refractivity contribution in [3.63, 3.8) is 0 Å². The first-order valence-electron chi connectivity index (χ1n) is 7.81. The molecule has 3 heteroatoms. The number of hydrogen-bond acceptors (Lipinski definition) is 2. The lowest BCUT2D eigenvalue weighted by Gasteiger charge is -2.36. The van der Waals surface area contributed by atoms with Gasteiger partial charge in [0.15, 0.2) is 0 Å². The Bertz CT molecular complexity index is 273. The van der Waals surface area contributed by atoms with E-state index in [0.29, 0.717) is 11.5 Å². The van der Waals surface area contributed by atoms with Crippen molar-refractivity contribution in [1.29, 1.82) is 0 Å². The summed E-state index contributed by atoms with van der Waals surface area (Å²) in [6.07, 6.45) is 4.52. The molecule has 1 amide bonds. The average Bonchev–Trinajstić information content (AvgIpc) is 2.33. The predicted molar refractivity (Wildman–Crippen MR) is 81.1 cm³/mol. The van der Waals surface area contributed by atoms with Crippen LogP contribution in [0.1, 0.15) is 60.3 Å². The third-order valence-electron chi connectivity index (χ3n) is 4.30. The Balaban J connectivity index is 2.22. The first kappa shape index (κ1) is 16.5. The van der Waals surface area contributed by atoms with Crippen LogP contribution in [0.5, 0.6) is 0 Å². The highest BCUT2D eigenvalue weighted by Gasteiger charge is 2.32. The van der Waals surface area contributed by atoms with Gasteiger partial charge < -0.3 is 10.6 Å². The lowest BCUT2D eigenvalue weighted by molar-refractivity contribution is -0.126. The van der Waals surface area contributed by atoms with Gasteiger partial charge in [-0.2, -0.15) is 0 Å². The molecule has 0 aromatic carbocycles. The Labute approximate surface area is 118 Å². The molecule has 1 aliphatic rings. The highest BCUT2D eigenvalue weighted by atomic mass is 16.1. The summed E-state index contributed by atoms with van der Waals surface area (Å²) in [5.41, 5.74) is 0.391. The Morgan fingerprint density at radius 2 is 1.68 bits per heavy atom. The van der Waals surface area contributed by atoms with Crippen LogP contribution < -0.4 is 10.6 Å². The van der Waals surface area contributed by atoms with Crippen molar-refractivity contribution in [2.75, 3.05) is 13.1 Å². The Morgan fingerprint density at radius 1 is 1.11 bits per heavy atom. The van der Waals surface area contributed by atoms with Crippen LogP contribution in [0.4, 0.5) is 0 Å². The van der Waals surface area contributed by atoms with Gasteiger partial charge in [0.05, 0.1) is 0 Å². The summed E-state index contributed by atoms with van der Waals surface area (Å²) in [6.45, 7) is 12.8. The molecule has 3 nitrogen and oxygen atoms in total. The maximum absolute atomic E-state index is 12.1. The van der Waals surface area contributed by atoms with Crippen LogP contribution in [0.25, 0.3) is 0 Å². The summed E-state index contributed by atoms with van der Waals surface area (Å²) < 4.78 is 0. The number of carbonyl (C=O) groups is 1. The third-order valence-corrected chi connectivity index (χ3v) is 4.30. The van der Waals surface area contributed by atoms with Gasteiger partial charge in [0.1, 0.15) is 0 Å². The highest BCUT2D eigenvalue weighted by Crippen LogP contribution is 2.39. The highest BCUT2D eigenvalue weighted by molar-refractivity contribution is 5.78. The molecule has 1 saturated carbocycles. The largest absolute Gasteiger partial charge is 0.355 e. The van der Waals surface area contributed by atoms with Crippen molar-refractivity contribution in [3.05, 3.63) is 0 Å². The molecule has 1 rings (SSSR count). The molecule has 0 aromatic heterocycles. The van der Waals surface area contributed by atoms with E-state index < -0.39 is 0 Å². The Morgan fingerprint density at radius 3 is 2.16 bits per heavy atom. The smallest absolute Gasteiger partial charge is 0.223 e. The van der Waals surface area contributed by atoms with Crippen LogP contribution in [0.15, 0.2) is 0 Å². The second-order valence-electron chi connectivity index (χ2n) is 7.31. The van der Waals surface area contributed by atoms with E-state index in [1.165, 1.54) is 12.8 Å². The maximum Gasteiger partial charge on any atom is 0.223 e. The lowest BCUT2D eigenvalue weighted by atomic mass is 9.70. The molecular weight excluding hydrogens is 236 g/mol. The van der Waals surface area contributed by atoms with Crippen LogP contribution in [-0.4, -0.2) is 25.0 Å². The van der Waals surface area contributed by atoms with Gasteiger partial charge in [0.2, 0.25) is 5.91 Å². The van der Waals surface area contributed by atoms with Gasteiger partial charge in [-0.15, -0.1) is 0 Å². The van der Waals surface area contributed by atoms with Crippen LogP contribution >= 0.6 is 0 Å². The van der Waals surface area contributed by atoms with E-state index in [1.807, 2.05) is 0 Å². The first-order chi connectivity index (χ1) is 8.80. The van der Waals surface area contributed by atoms with Crippen LogP contribution in [0.2, 0.25) is 0 Å². The first-order valence-corrected chi connectivity index (χ1v) is 7.81. The summed E-state index contributed by atoms with van der Waals surface area (Å²) in [5, 5.41) is 6.38. The second kappa shape index (κ2) is 7.28. The molecule has 0 atom stereocenters. The summed E-state index contributed by atoms with van der Waals surface area (Å²) in [5.74, 6) is 1.29. The standard InChI is InChI=1S/C16H32N2O/c1-12(2)17-10-11-18-15(19)13-6-8-14(9-7-13)16(3,4)5/h12-14,17H,6-11H2,1-5H3,(H,18,19). The summed E-state index contributed by atoms with van der Waals surface area (Å²) >= 11 is 0. The van der Waals surface area contributed by atoms with Crippen molar-refractivity contribution in [1.82, 2.24) is 10.6 Å². The molecule has 0 spiro atoms. The molecule has 0 radical (unpaired) electrons. The molecule has 1 aliphatic carbocycles. The fourth-order valence-electron chi connectivity index (χ4n) is 2.91. The van der Waals surface area contributed by atoms with E-state index in [9.17, 15) is 4.79 Å². The maximum atomic E-state index is 12.1. The summed E-state index contributed by atoms with van der Waals surface area (Å²) in [4.78, 5) is 12.1. The number of rotatable bonds is 5. The van der Waals surface area contributed by atoms with E-state index in [0.717, 1.165) is 31.8 Å². The van der Waals surface area contributed by atoms with E-state index in [2.05, 4.69) is 45.3 Å². The second-order valence-corrected chi connectivity index (χ2v) is 7.31. The van der Waals surface area contributed by atoms with Gasteiger partial charge in [-0.05, 0) is 37.0 Å². The van der Waals surface area contributed by atoms with Gasteiger partial charge in [0, 0.05) is 25.0 Å². The molecule has 1 fully saturated rings. The quantitative estimate of drug-likeness (QED) is 0.753. The molecule has 0 aromatic rings. The van der Waals surface area contributed by atoms with Gasteiger partial charge in [-0.1, -0.05) is 34.6 Å². The number of carbonyl (C=O) groups excluding carboxylic acids is 1. The zero-order valence-corrected chi connectivity index (χ0v) is 13.4. The lowest BCUT2D eigenvalue weighted by Crippen LogP contribution is -2.39. The number of amides is 1. The molecular formula is C16H32N2O. The fraction of sp³-hybridized carbons (Fsp3) is 0.938. The monoisotopic (exact) mass is 268 g/mol. The van der Waals surface area contributed by atoms with Crippen LogP contribution in [-0.2, 0) is 4.79 Å². The van der Waals surface area contributed by atoms with Crippen LogP contribution in [0, 0.1) is 17.3 Å². The molecule has 0 saturated heterocycles. The third kappa shape index (κ3) is 5.94. The van der Waals surface area contributed by atoms with Gasteiger partial charge in [0.25, 0.3) is 0 Å². The van der Waals surface area contributed by atoms with Crippen molar-refractivity contribution in [3.8, 4) is 0 Å². The van der Waals surface area contributed by atoms with Crippen molar-refractivity contribution >= 4 is 5.91 Å². The van der Waals surface area contributed by atoms with Gasteiger partial charge in [-0.3, -0.25) is 4.79 Å². The number of hydrogen-bond donors (Lipinski definition) is 2. The molecule has 112 valence electrons. The zero-order valence-electron chi connectivity index (χ0n) is 13.4. The van der Waals surface area contributed by atoms with Crippen molar-refractivity contribution in [2.45, 2.75) is 66.3 Å².